The lowest BCUT2D eigenvalue weighted by Crippen LogP contribution is -2.40. The number of aryl methyl sites for hydroxylation is 1. The minimum Gasteiger partial charge on any atom is -0.486 e. The Labute approximate surface area is 180 Å². The van der Waals surface area contributed by atoms with Crippen LogP contribution in [0.25, 0.3) is 17.1 Å². The van der Waals surface area contributed by atoms with E-state index in [1.165, 1.54) is 0 Å². The smallest absolute Gasteiger partial charge is 0.185 e. The molecule has 0 saturated heterocycles. The van der Waals surface area contributed by atoms with Gasteiger partial charge >= 0.3 is 0 Å². The minimum atomic E-state index is -0.465. The zero-order chi connectivity index (χ0) is 20.0. The van der Waals surface area contributed by atoms with Gasteiger partial charge in [0.05, 0.1) is 23.6 Å². The van der Waals surface area contributed by atoms with Crippen LogP contribution >= 0.6 is 12.4 Å². The van der Waals surface area contributed by atoms with E-state index in [0.29, 0.717) is 37.6 Å². The van der Waals surface area contributed by atoms with Crippen LogP contribution in [0, 0.1) is 6.92 Å². The van der Waals surface area contributed by atoms with Crippen molar-refractivity contribution in [2.45, 2.75) is 44.2 Å². The molecule has 2 aliphatic rings. The molecule has 1 saturated carbocycles. The number of benzene rings is 1. The quantitative estimate of drug-likeness (QED) is 0.578. The largest absolute Gasteiger partial charge is 0.486 e. The summed E-state index contributed by atoms with van der Waals surface area (Å²) < 4.78 is 13.2. The standard InChI is InChI=1S/C20H24N6O3.ClH/c1-11-14(10-22-24-11)19-23-20(12-2-4-16(27)15(21)8-12)26(25-19)13-3-5-17-18(9-13)29-7-6-28-17;/h3,5,9-10,12,15-16,27H,2,4,6-8,21H2,1H3,(H,22,24);1H/t12-,15+,16+;/m0./s1. The molecule has 3 atom stereocenters. The van der Waals surface area contributed by atoms with E-state index in [9.17, 15) is 5.11 Å². The predicted molar refractivity (Wildman–Crippen MR) is 112 cm³/mol. The molecule has 30 heavy (non-hydrogen) atoms. The Morgan fingerprint density at radius 1 is 1.20 bits per heavy atom. The first-order valence-corrected chi connectivity index (χ1v) is 9.91. The van der Waals surface area contributed by atoms with Gasteiger partial charge in [-0.05, 0) is 38.3 Å². The lowest BCUT2D eigenvalue weighted by molar-refractivity contribution is 0.0989. The maximum Gasteiger partial charge on any atom is 0.185 e. The first kappa shape index (κ1) is 20.6. The Kier molecular flexibility index (Phi) is 5.68. The van der Waals surface area contributed by atoms with Crippen molar-refractivity contribution in [2.24, 2.45) is 5.73 Å². The van der Waals surface area contributed by atoms with E-state index in [-0.39, 0.29) is 24.4 Å². The Hall–Kier alpha value is -2.62. The molecule has 0 spiro atoms. The van der Waals surface area contributed by atoms with Crippen LogP contribution in [0.2, 0.25) is 0 Å². The van der Waals surface area contributed by atoms with Crippen molar-refractivity contribution in [3.63, 3.8) is 0 Å². The number of aromatic nitrogens is 5. The van der Waals surface area contributed by atoms with Gasteiger partial charge in [-0.2, -0.15) is 5.10 Å². The summed E-state index contributed by atoms with van der Waals surface area (Å²) in [7, 11) is 0. The molecule has 1 aliphatic carbocycles. The number of aromatic amines is 1. The molecule has 1 fully saturated rings. The number of aliphatic hydroxyl groups excluding tert-OH is 1. The summed E-state index contributed by atoms with van der Waals surface area (Å²) in [6, 6.07) is 5.51. The molecule has 0 bridgehead atoms. The molecular formula is C20H25ClN6O3. The monoisotopic (exact) mass is 432 g/mol. The number of ether oxygens (including phenoxy) is 2. The lowest BCUT2D eigenvalue weighted by atomic mass is 9.83. The fourth-order valence-corrected chi connectivity index (χ4v) is 4.06. The molecule has 4 N–H and O–H groups in total. The van der Waals surface area contributed by atoms with Crippen LogP contribution in [-0.4, -0.2) is 55.4 Å². The number of halogens is 1. The van der Waals surface area contributed by atoms with Crippen molar-refractivity contribution in [1.82, 2.24) is 25.0 Å². The maximum atomic E-state index is 10.0. The van der Waals surface area contributed by atoms with Crippen molar-refractivity contribution in [3.05, 3.63) is 35.9 Å². The zero-order valence-corrected chi connectivity index (χ0v) is 17.4. The lowest BCUT2D eigenvalue weighted by Gasteiger charge is -2.30. The van der Waals surface area contributed by atoms with Crippen LogP contribution in [0.1, 0.15) is 36.7 Å². The third-order valence-electron chi connectivity index (χ3n) is 5.70. The molecule has 0 radical (unpaired) electrons. The fraction of sp³-hybridized carbons (Fsp3) is 0.450. The van der Waals surface area contributed by atoms with Gasteiger partial charge in [0.2, 0.25) is 0 Å². The summed E-state index contributed by atoms with van der Waals surface area (Å²) in [5.74, 6) is 2.98. The van der Waals surface area contributed by atoms with E-state index in [4.69, 9.17) is 25.3 Å². The van der Waals surface area contributed by atoms with Gasteiger partial charge < -0.3 is 20.3 Å². The number of nitrogens with zero attached hydrogens (tertiary/aromatic N) is 4. The third-order valence-corrected chi connectivity index (χ3v) is 5.70. The summed E-state index contributed by atoms with van der Waals surface area (Å²) in [4.78, 5) is 4.87. The van der Waals surface area contributed by atoms with Gasteiger partial charge in [-0.1, -0.05) is 0 Å². The third kappa shape index (κ3) is 3.64. The number of H-pyrrole nitrogens is 1. The fourth-order valence-electron chi connectivity index (χ4n) is 4.06. The van der Waals surface area contributed by atoms with Crippen molar-refractivity contribution >= 4 is 12.4 Å². The summed E-state index contributed by atoms with van der Waals surface area (Å²) >= 11 is 0. The molecule has 3 aromatic rings. The molecule has 2 aromatic heterocycles. The highest BCUT2D eigenvalue weighted by Crippen LogP contribution is 2.36. The zero-order valence-electron chi connectivity index (χ0n) is 16.6. The number of nitrogens with two attached hydrogens (primary N) is 1. The maximum absolute atomic E-state index is 10.0. The van der Waals surface area contributed by atoms with Crippen LogP contribution in [0.3, 0.4) is 0 Å². The molecule has 1 aliphatic heterocycles. The molecule has 1 aromatic carbocycles. The van der Waals surface area contributed by atoms with E-state index in [0.717, 1.165) is 34.9 Å². The van der Waals surface area contributed by atoms with Crippen molar-refractivity contribution < 1.29 is 14.6 Å². The van der Waals surface area contributed by atoms with Crippen LogP contribution in [0.4, 0.5) is 0 Å². The van der Waals surface area contributed by atoms with Gasteiger partial charge in [-0.25, -0.2) is 9.67 Å². The number of hydrogen-bond acceptors (Lipinski definition) is 7. The van der Waals surface area contributed by atoms with Crippen LogP contribution < -0.4 is 15.2 Å². The van der Waals surface area contributed by atoms with Gasteiger partial charge in [0, 0.05) is 23.7 Å². The first-order chi connectivity index (χ1) is 14.1. The van der Waals surface area contributed by atoms with E-state index in [2.05, 4.69) is 10.2 Å². The van der Waals surface area contributed by atoms with Gasteiger partial charge in [0.1, 0.15) is 19.0 Å². The Balaban J connectivity index is 0.00000218. The first-order valence-electron chi connectivity index (χ1n) is 9.91. The Morgan fingerprint density at radius 3 is 2.73 bits per heavy atom. The van der Waals surface area contributed by atoms with Gasteiger partial charge in [0.25, 0.3) is 0 Å². The average Bonchev–Trinajstić information content (AvgIpc) is 3.36. The summed E-state index contributed by atoms with van der Waals surface area (Å²) in [5.41, 5.74) is 8.78. The highest BCUT2D eigenvalue weighted by Gasteiger charge is 2.32. The molecule has 3 heterocycles. The topological polar surface area (TPSA) is 124 Å². The molecule has 160 valence electrons. The highest BCUT2D eigenvalue weighted by atomic mass is 35.5. The van der Waals surface area contributed by atoms with Crippen LogP contribution in [0.15, 0.2) is 24.4 Å². The van der Waals surface area contributed by atoms with E-state index in [1.54, 1.807) is 6.20 Å². The Bertz CT molecular complexity index is 1040. The van der Waals surface area contributed by atoms with E-state index in [1.807, 2.05) is 29.8 Å². The molecule has 10 heteroatoms. The van der Waals surface area contributed by atoms with Crippen molar-refractivity contribution in [1.29, 1.82) is 0 Å². The normalized spacial score (nSPS) is 23.1. The summed E-state index contributed by atoms with van der Waals surface area (Å²) in [6.07, 6.45) is 3.39. The number of fused-ring (bicyclic) bond motifs is 1. The Morgan fingerprint density at radius 2 is 2.00 bits per heavy atom. The van der Waals surface area contributed by atoms with Crippen molar-refractivity contribution in [3.8, 4) is 28.6 Å². The number of hydrogen-bond donors (Lipinski definition) is 3. The minimum absolute atomic E-state index is 0. The second kappa shape index (κ2) is 8.25. The molecule has 0 unspecified atom stereocenters. The van der Waals surface area contributed by atoms with Crippen LogP contribution in [0.5, 0.6) is 11.5 Å². The van der Waals surface area contributed by atoms with Gasteiger partial charge in [-0.15, -0.1) is 17.5 Å². The summed E-state index contributed by atoms with van der Waals surface area (Å²) in [5, 5.41) is 21.9. The molecule has 9 nitrogen and oxygen atoms in total. The number of rotatable bonds is 3. The van der Waals surface area contributed by atoms with Crippen LogP contribution in [-0.2, 0) is 0 Å². The van der Waals surface area contributed by atoms with E-state index >= 15 is 0 Å². The number of nitrogens with one attached hydrogen (secondary N) is 1. The summed E-state index contributed by atoms with van der Waals surface area (Å²) in [6.45, 7) is 3.02. The molecule has 5 rings (SSSR count). The van der Waals surface area contributed by atoms with Gasteiger partial charge in [-0.3, -0.25) is 5.10 Å². The van der Waals surface area contributed by atoms with Crippen molar-refractivity contribution in [2.75, 3.05) is 13.2 Å². The average molecular weight is 433 g/mol. The van der Waals surface area contributed by atoms with E-state index < -0.39 is 6.10 Å². The second-order valence-corrected chi connectivity index (χ2v) is 7.68. The SMILES string of the molecule is Cc1[nH]ncc1-c1nc([C@H]2CC[C@@H](O)[C@H](N)C2)n(-c2ccc3c(c2)OCCO3)n1.Cl. The molecule has 0 amide bonds. The predicted octanol–water partition coefficient (Wildman–Crippen LogP) is 2.11. The molecular weight excluding hydrogens is 408 g/mol. The number of aliphatic hydroxyl groups is 1. The second-order valence-electron chi connectivity index (χ2n) is 7.68. The highest BCUT2D eigenvalue weighted by molar-refractivity contribution is 5.85. The van der Waals surface area contributed by atoms with Gasteiger partial charge in [0.15, 0.2) is 17.3 Å².